The number of Topliss-reactive ketones (excluding diaryl/α,β-unsaturated/α-hetero) is 2. The quantitative estimate of drug-likeness (QED) is 0.148. The first kappa shape index (κ1) is 30.6. The van der Waals surface area contributed by atoms with E-state index in [0.717, 1.165) is 11.1 Å². The molecule has 3 aliphatic carbocycles. The van der Waals surface area contributed by atoms with Crippen LogP contribution < -0.4 is 4.90 Å². The molecule has 6 atom stereocenters. The third-order valence-electron chi connectivity index (χ3n) is 11.1. The standard InChI is InChI=1S/C42H33NO6/c1-24(44)25-12-16-29(17-13-25)43-40(48)32-21-20-31-34(37(32)41(43)49)22-35-39(47)33(26-8-4-2-5-9-26)23-36(46)42(35,28-10-6-3-7-11-28)38(31)27-14-18-30(45)19-15-27/h2-20,23,32,34-35,37-38,45H,21-22H2,1H3/t32-,34+,35-,37-,38-,42-/m0/s1. The van der Waals surface area contributed by atoms with Gasteiger partial charge in [0, 0.05) is 23.0 Å². The van der Waals surface area contributed by atoms with Gasteiger partial charge in [-0.2, -0.15) is 0 Å². The second-order valence-electron chi connectivity index (χ2n) is 13.5. The molecular weight excluding hydrogens is 614 g/mol. The Labute approximate surface area is 283 Å². The molecule has 1 saturated carbocycles. The van der Waals surface area contributed by atoms with Gasteiger partial charge in [0.1, 0.15) is 5.75 Å². The number of phenolic OH excluding ortho intramolecular Hbond substituents is 1. The van der Waals surface area contributed by atoms with E-state index in [2.05, 4.69) is 0 Å². The predicted molar refractivity (Wildman–Crippen MR) is 184 cm³/mol. The molecule has 1 heterocycles. The number of anilines is 1. The van der Waals surface area contributed by atoms with Crippen molar-refractivity contribution < 1.29 is 29.1 Å². The molecule has 242 valence electrons. The number of amides is 2. The molecule has 2 fully saturated rings. The first-order chi connectivity index (χ1) is 23.7. The summed E-state index contributed by atoms with van der Waals surface area (Å²) in [6, 6.07) is 31.8. The molecule has 8 rings (SSSR count). The van der Waals surface area contributed by atoms with E-state index in [9.17, 15) is 24.3 Å². The summed E-state index contributed by atoms with van der Waals surface area (Å²) in [4.78, 5) is 71.6. The smallest absolute Gasteiger partial charge is 0.238 e. The molecule has 0 radical (unpaired) electrons. The molecule has 4 aromatic carbocycles. The lowest BCUT2D eigenvalue weighted by atomic mass is 9.44. The monoisotopic (exact) mass is 647 g/mol. The third-order valence-corrected chi connectivity index (χ3v) is 11.1. The number of hydrogen-bond donors (Lipinski definition) is 1. The van der Waals surface area contributed by atoms with Crippen LogP contribution in [0.5, 0.6) is 5.75 Å². The lowest BCUT2D eigenvalue weighted by Gasteiger charge is -2.55. The Kier molecular flexibility index (Phi) is 7.18. The number of ketones is 3. The zero-order valence-corrected chi connectivity index (χ0v) is 26.8. The van der Waals surface area contributed by atoms with Crippen LogP contribution in [0, 0.1) is 23.7 Å². The molecule has 2 amide bonds. The van der Waals surface area contributed by atoms with Crippen molar-refractivity contribution in [2.75, 3.05) is 4.90 Å². The molecule has 0 aromatic heterocycles. The molecule has 4 aliphatic rings. The lowest BCUT2D eigenvalue weighted by molar-refractivity contribution is -0.135. The largest absolute Gasteiger partial charge is 0.508 e. The Balaban J connectivity index is 1.32. The molecule has 1 saturated heterocycles. The average Bonchev–Trinajstić information content (AvgIpc) is 3.39. The Morgan fingerprint density at radius 3 is 2.08 bits per heavy atom. The molecule has 4 aromatic rings. The average molecular weight is 648 g/mol. The fourth-order valence-electron chi connectivity index (χ4n) is 9.02. The molecule has 0 spiro atoms. The van der Waals surface area contributed by atoms with Gasteiger partial charge in [0.2, 0.25) is 11.8 Å². The lowest BCUT2D eigenvalue weighted by Crippen LogP contribution is -2.58. The van der Waals surface area contributed by atoms with Crippen LogP contribution in [0.15, 0.2) is 127 Å². The molecule has 1 aliphatic heterocycles. The van der Waals surface area contributed by atoms with Crippen molar-refractivity contribution in [1.29, 1.82) is 0 Å². The number of fused-ring (bicyclic) bond motifs is 4. The van der Waals surface area contributed by atoms with Crippen molar-refractivity contribution in [2.24, 2.45) is 23.7 Å². The second kappa shape index (κ2) is 11.5. The van der Waals surface area contributed by atoms with Gasteiger partial charge in [0.15, 0.2) is 17.3 Å². The minimum atomic E-state index is -1.32. The van der Waals surface area contributed by atoms with E-state index in [1.54, 1.807) is 48.5 Å². The van der Waals surface area contributed by atoms with E-state index < -0.39 is 35.0 Å². The van der Waals surface area contributed by atoms with Crippen LogP contribution in [-0.2, 0) is 24.6 Å². The molecule has 7 heteroatoms. The summed E-state index contributed by atoms with van der Waals surface area (Å²) in [5, 5.41) is 10.3. The number of allylic oxidation sites excluding steroid dienone is 4. The van der Waals surface area contributed by atoms with Crippen molar-refractivity contribution in [2.45, 2.75) is 31.1 Å². The topological polar surface area (TPSA) is 109 Å². The van der Waals surface area contributed by atoms with Gasteiger partial charge in [0.05, 0.1) is 22.9 Å². The van der Waals surface area contributed by atoms with Gasteiger partial charge in [-0.1, -0.05) is 84.4 Å². The fraction of sp³-hybridized carbons (Fsp3) is 0.214. The van der Waals surface area contributed by atoms with Crippen LogP contribution in [0.2, 0.25) is 0 Å². The number of rotatable bonds is 5. The zero-order valence-electron chi connectivity index (χ0n) is 26.8. The number of benzene rings is 4. The molecule has 7 nitrogen and oxygen atoms in total. The highest BCUT2D eigenvalue weighted by Crippen LogP contribution is 2.63. The normalized spacial score (nSPS) is 27.5. The SMILES string of the molecule is CC(=O)c1ccc(N2C(=O)[C@H]3[C@H](CC=C4[C@H]3C[C@H]3C(=O)C(c5ccccc5)=CC(=O)[C@@]3(c3ccccc3)[C@H]4c3ccc(O)cc3)C2=O)cc1. The Morgan fingerprint density at radius 2 is 1.43 bits per heavy atom. The molecule has 0 bridgehead atoms. The Hall–Kier alpha value is -5.69. The van der Waals surface area contributed by atoms with Crippen LogP contribution in [-0.4, -0.2) is 34.3 Å². The summed E-state index contributed by atoms with van der Waals surface area (Å²) in [7, 11) is 0. The Bertz CT molecular complexity index is 2100. The van der Waals surface area contributed by atoms with Crippen LogP contribution in [0.4, 0.5) is 5.69 Å². The number of aromatic hydroxyl groups is 1. The maximum Gasteiger partial charge on any atom is 0.238 e. The highest BCUT2D eigenvalue weighted by Gasteiger charge is 2.66. The van der Waals surface area contributed by atoms with E-state index in [0.29, 0.717) is 34.4 Å². The summed E-state index contributed by atoms with van der Waals surface area (Å²) >= 11 is 0. The summed E-state index contributed by atoms with van der Waals surface area (Å²) in [5.41, 5.74) is 2.86. The highest BCUT2D eigenvalue weighted by molar-refractivity contribution is 6.32. The molecular formula is C42H33NO6. The number of carbonyl (C=O) groups excluding carboxylic acids is 5. The van der Waals surface area contributed by atoms with Crippen LogP contribution >= 0.6 is 0 Å². The molecule has 1 N–H and O–H groups in total. The van der Waals surface area contributed by atoms with Gasteiger partial charge in [-0.25, -0.2) is 0 Å². The second-order valence-corrected chi connectivity index (χ2v) is 13.5. The number of phenols is 1. The Morgan fingerprint density at radius 1 is 0.776 bits per heavy atom. The number of nitrogens with zero attached hydrogens (tertiary/aromatic N) is 1. The summed E-state index contributed by atoms with van der Waals surface area (Å²) in [5.74, 6) is -4.40. The predicted octanol–water partition coefficient (Wildman–Crippen LogP) is 6.62. The third kappa shape index (κ3) is 4.52. The maximum absolute atomic E-state index is 15.0. The van der Waals surface area contributed by atoms with Gasteiger partial charge in [-0.05, 0) is 84.8 Å². The molecule has 0 unspecified atom stereocenters. The summed E-state index contributed by atoms with van der Waals surface area (Å²) < 4.78 is 0. The highest BCUT2D eigenvalue weighted by atomic mass is 16.3. The van der Waals surface area contributed by atoms with Crippen molar-refractivity contribution in [3.05, 3.63) is 149 Å². The number of hydrogen-bond acceptors (Lipinski definition) is 6. The fourth-order valence-corrected chi connectivity index (χ4v) is 9.02. The van der Waals surface area contributed by atoms with E-state index in [4.69, 9.17) is 0 Å². The first-order valence-electron chi connectivity index (χ1n) is 16.6. The van der Waals surface area contributed by atoms with Gasteiger partial charge >= 0.3 is 0 Å². The van der Waals surface area contributed by atoms with Crippen molar-refractivity contribution in [3.63, 3.8) is 0 Å². The van der Waals surface area contributed by atoms with Crippen LogP contribution in [0.25, 0.3) is 5.57 Å². The van der Waals surface area contributed by atoms with Crippen LogP contribution in [0.3, 0.4) is 0 Å². The van der Waals surface area contributed by atoms with Gasteiger partial charge in [0.25, 0.3) is 0 Å². The molecule has 49 heavy (non-hydrogen) atoms. The minimum Gasteiger partial charge on any atom is -0.508 e. The number of carbonyl (C=O) groups is 5. The minimum absolute atomic E-state index is 0.0689. The van der Waals surface area contributed by atoms with Crippen molar-refractivity contribution >= 4 is 40.4 Å². The van der Waals surface area contributed by atoms with Crippen molar-refractivity contribution in [1.82, 2.24) is 0 Å². The van der Waals surface area contributed by atoms with E-state index in [1.165, 1.54) is 17.9 Å². The van der Waals surface area contributed by atoms with Crippen LogP contribution in [0.1, 0.15) is 52.7 Å². The summed E-state index contributed by atoms with van der Waals surface area (Å²) in [6.07, 6.45) is 4.03. The zero-order chi connectivity index (χ0) is 34.0. The van der Waals surface area contributed by atoms with E-state index in [1.807, 2.05) is 66.7 Å². The summed E-state index contributed by atoms with van der Waals surface area (Å²) in [6.45, 7) is 1.46. The van der Waals surface area contributed by atoms with Gasteiger partial charge in [-0.15, -0.1) is 0 Å². The van der Waals surface area contributed by atoms with Gasteiger partial charge < -0.3 is 5.11 Å². The number of imide groups is 1. The maximum atomic E-state index is 15.0. The van der Waals surface area contributed by atoms with Crippen molar-refractivity contribution in [3.8, 4) is 5.75 Å². The van der Waals surface area contributed by atoms with Gasteiger partial charge in [-0.3, -0.25) is 28.9 Å². The van der Waals surface area contributed by atoms with E-state index in [-0.39, 0.29) is 41.3 Å². The van der Waals surface area contributed by atoms with E-state index >= 15 is 4.79 Å². The first-order valence-corrected chi connectivity index (χ1v) is 16.6.